The molecule has 0 aliphatic heterocycles. The summed E-state index contributed by atoms with van der Waals surface area (Å²) in [6.45, 7) is 9.95. The van der Waals surface area contributed by atoms with Crippen molar-refractivity contribution >= 4 is 11.9 Å². The minimum atomic E-state index is -1.09. The largest absolute Gasteiger partial charge is 0.460 e. The van der Waals surface area contributed by atoms with Crippen LogP contribution in [0.2, 0.25) is 0 Å². The van der Waals surface area contributed by atoms with Crippen LogP contribution in [0, 0.1) is 0 Å². The lowest BCUT2D eigenvalue weighted by Gasteiger charge is -2.05. The van der Waals surface area contributed by atoms with E-state index in [9.17, 15) is 9.59 Å². The molecule has 0 aromatic rings. The second-order valence-electron chi connectivity index (χ2n) is 2.57. The molecule has 0 bridgehead atoms. The lowest BCUT2D eigenvalue weighted by molar-refractivity contribution is -0.152. The number of carbonyl (C=O) groups excluding carboxylic acids is 2. The zero-order chi connectivity index (χ0) is 13.0. The Kier molecular flexibility index (Phi) is 11.6. The SMILES string of the molecule is C=CC(N)=O.C=CCOC(=O)C(O)CC=C. The predicted molar refractivity (Wildman–Crippen MR) is 61.4 cm³/mol. The maximum absolute atomic E-state index is 10.7. The number of hydrogen-bond acceptors (Lipinski definition) is 4. The fourth-order valence-electron chi connectivity index (χ4n) is 0.491. The molecule has 90 valence electrons. The summed E-state index contributed by atoms with van der Waals surface area (Å²) in [5.41, 5.74) is 4.53. The molecule has 0 saturated heterocycles. The third kappa shape index (κ3) is 12.1. The van der Waals surface area contributed by atoms with E-state index in [2.05, 4.69) is 30.2 Å². The zero-order valence-corrected chi connectivity index (χ0v) is 9.09. The van der Waals surface area contributed by atoms with Crippen molar-refractivity contribution in [2.75, 3.05) is 6.61 Å². The van der Waals surface area contributed by atoms with Gasteiger partial charge in [-0.2, -0.15) is 0 Å². The lowest BCUT2D eigenvalue weighted by atomic mass is 10.2. The monoisotopic (exact) mass is 227 g/mol. The van der Waals surface area contributed by atoms with Crippen LogP contribution in [-0.4, -0.2) is 29.7 Å². The van der Waals surface area contributed by atoms with Crippen LogP contribution < -0.4 is 5.73 Å². The summed E-state index contributed by atoms with van der Waals surface area (Å²) in [5, 5.41) is 8.96. The van der Waals surface area contributed by atoms with Gasteiger partial charge in [-0.15, -0.1) is 6.58 Å². The number of carbonyl (C=O) groups is 2. The van der Waals surface area contributed by atoms with Gasteiger partial charge in [-0.3, -0.25) is 4.79 Å². The van der Waals surface area contributed by atoms with E-state index >= 15 is 0 Å². The highest BCUT2D eigenvalue weighted by atomic mass is 16.5. The van der Waals surface area contributed by atoms with Crippen LogP contribution in [-0.2, 0) is 14.3 Å². The molecule has 0 aliphatic rings. The molecular formula is C11H17NO4. The first-order chi connectivity index (χ1) is 7.49. The van der Waals surface area contributed by atoms with Crippen molar-refractivity contribution in [1.29, 1.82) is 0 Å². The first kappa shape index (κ1) is 16.5. The first-order valence-electron chi connectivity index (χ1n) is 4.47. The molecule has 0 aromatic carbocycles. The molecule has 0 aliphatic carbocycles. The maximum Gasteiger partial charge on any atom is 0.335 e. The summed E-state index contributed by atoms with van der Waals surface area (Å²) in [6, 6.07) is 0. The van der Waals surface area contributed by atoms with E-state index in [-0.39, 0.29) is 13.0 Å². The average molecular weight is 227 g/mol. The van der Waals surface area contributed by atoms with Crippen LogP contribution in [0.5, 0.6) is 0 Å². The Morgan fingerprint density at radius 2 is 1.81 bits per heavy atom. The van der Waals surface area contributed by atoms with Crippen LogP contribution in [0.4, 0.5) is 0 Å². The van der Waals surface area contributed by atoms with Crippen LogP contribution in [0.3, 0.4) is 0 Å². The molecule has 5 heteroatoms. The highest BCUT2D eigenvalue weighted by Gasteiger charge is 2.13. The molecule has 0 aromatic heterocycles. The average Bonchev–Trinajstić information content (AvgIpc) is 2.26. The Labute approximate surface area is 94.9 Å². The van der Waals surface area contributed by atoms with Gasteiger partial charge in [-0.1, -0.05) is 25.3 Å². The number of aliphatic hydroxyl groups is 1. The van der Waals surface area contributed by atoms with Gasteiger partial charge < -0.3 is 15.6 Å². The van der Waals surface area contributed by atoms with Crippen molar-refractivity contribution in [3.8, 4) is 0 Å². The van der Waals surface area contributed by atoms with Crippen LogP contribution in [0.1, 0.15) is 6.42 Å². The molecule has 5 nitrogen and oxygen atoms in total. The number of esters is 1. The molecule has 1 amide bonds. The van der Waals surface area contributed by atoms with Gasteiger partial charge in [0, 0.05) is 6.42 Å². The molecule has 0 heterocycles. The van der Waals surface area contributed by atoms with E-state index in [1.54, 1.807) is 0 Å². The summed E-state index contributed by atoms with van der Waals surface area (Å²) in [6.07, 6.45) is 3.08. The summed E-state index contributed by atoms with van der Waals surface area (Å²) >= 11 is 0. The van der Waals surface area contributed by atoms with Crippen molar-refractivity contribution in [2.45, 2.75) is 12.5 Å². The maximum atomic E-state index is 10.7. The van der Waals surface area contributed by atoms with Gasteiger partial charge >= 0.3 is 5.97 Å². The number of nitrogens with two attached hydrogens (primary N) is 1. The summed E-state index contributed by atoms with van der Waals surface area (Å²) < 4.78 is 4.55. The van der Waals surface area contributed by atoms with Crippen LogP contribution >= 0.6 is 0 Å². The third-order valence-electron chi connectivity index (χ3n) is 1.21. The quantitative estimate of drug-likeness (QED) is 0.388. The van der Waals surface area contributed by atoms with E-state index in [4.69, 9.17) is 5.11 Å². The van der Waals surface area contributed by atoms with Gasteiger partial charge in [0.25, 0.3) is 0 Å². The molecule has 0 fully saturated rings. The number of rotatable bonds is 6. The molecular weight excluding hydrogens is 210 g/mol. The molecule has 16 heavy (non-hydrogen) atoms. The van der Waals surface area contributed by atoms with Gasteiger partial charge in [0.1, 0.15) is 6.61 Å². The fraction of sp³-hybridized carbons (Fsp3) is 0.273. The molecule has 0 spiro atoms. The topological polar surface area (TPSA) is 89.6 Å². The third-order valence-corrected chi connectivity index (χ3v) is 1.21. The van der Waals surface area contributed by atoms with Gasteiger partial charge in [0.2, 0.25) is 5.91 Å². The summed E-state index contributed by atoms with van der Waals surface area (Å²) in [7, 11) is 0. The second-order valence-corrected chi connectivity index (χ2v) is 2.57. The number of ether oxygens (including phenoxy) is 1. The highest BCUT2D eigenvalue weighted by molar-refractivity contribution is 5.84. The Bertz CT molecular complexity index is 261. The summed E-state index contributed by atoms with van der Waals surface area (Å²) in [4.78, 5) is 20.2. The van der Waals surface area contributed by atoms with Gasteiger partial charge in [0.05, 0.1) is 0 Å². The molecule has 1 unspecified atom stereocenters. The fourth-order valence-corrected chi connectivity index (χ4v) is 0.491. The molecule has 1 atom stereocenters. The first-order valence-corrected chi connectivity index (χ1v) is 4.47. The van der Waals surface area contributed by atoms with E-state index in [1.165, 1.54) is 12.2 Å². The Morgan fingerprint density at radius 3 is 2.12 bits per heavy atom. The minimum absolute atomic E-state index is 0.132. The number of primary amides is 1. The van der Waals surface area contributed by atoms with E-state index in [0.29, 0.717) is 0 Å². The Balaban J connectivity index is 0. The molecule has 0 saturated carbocycles. The molecule has 0 radical (unpaired) electrons. The zero-order valence-electron chi connectivity index (χ0n) is 9.09. The standard InChI is InChI=1S/C8H12O3.C3H5NO/c1-3-5-7(9)8(10)11-6-4-2;1-2-3(4)5/h3-4,7,9H,1-2,5-6H2;2H,1H2,(H2,4,5). The predicted octanol–water partition coefficient (Wildman–Crippen LogP) is 0.310. The lowest BCUT2D eigenvalue weighted by Crippen LogP contribution is -2.22. The number of hydrogen-bond donors (Lipinski definition) is 2. The van der Waals surface area contributed by atoms with Gasteiger partial charge in [0.15, 0.2) is 6.10 Å². The normalized spacial score (nSPS) is 10.1. The molecule has 3 N–H and O–H groups in total. The van der Waals surface area contributed by atoms with Gasteiger partial charge in [-0.05, 0) is 6.08 Å². The molecule has 0 rings (SSSR count). The van der Waals surface area contributed by atoms with Crippen molar-refractivity contribution in [3.63, 3.8) is 0 Å². The van der Waals surface area contributed by atoms with Crippen molar-refractivity contribution in [1.82, 2.24) is 0 Å². The number of aliphatic hydroxyl groups excluding tert-OH is 1. The summed E-state index contributed by atoms with van der Waals surface area (Å²) in [5.74, 6) is -1.12. The Hall–Kier alpha value is -1.88. The van der Waals surface area contributed by atoms with Crippen molar-refractivity contribution in [3.05, 3.63) is 38.0 Å². The number of amides is 1. The van der Waals surface area contributed by atoms with Gasteiger partial charge in [-0.25, -0.2) is 4.79 Å². The van der Waals surface area contributed by atoms with Crippen molar-refractivity contribution in [2.24, 2.45) is 5.73 Å². The van der Waals surface area contributed by atoms with Crippen LogP contribution in [0.15, 0.2) is 38.0 Å². The van der Waals surface area contributed by atoms with E-state index in [0.717, 1.165) is 6.08 Å². The second kappa shape index (κ2) is 11.2. The Morgan fingerprint density at radius 1 is 1.31 bits per heavy atom. The van der Waals surface area contributed by atoms with Crippen molar-refractivity contribution < 1.29 is 19.4 Å². The van der Waals surface area contributed by atoms with E-state index in [1.807, 2.05) is 0 Å². The van der Waals surface area contributed by atoms with Crippen LogP contribution in [0.25, 0.3) is 0 Å². The smallest absolute Gasteiger partial charge is 0.335 e. The van der Waals surface area contributed by atoms with E-state index < -0.39 is 18.0 Å². The highest BCUT2D eigenvalue weighted by Crippen LogP contribution is 1.95. The minimum Gasteiger partial charge on any atom is -0.460 e.